The molecule has 1 saturated heterocycles. The molecule has 0 saturated carbocycles. The van der Waals surface area contributed by atoms with Gasteiger partial charge in [-0.3, -0.25) is 0 Å². The van der Waals surface area contributed by atoms with Crippen molar-refractivity contribution in [2.45, 2.75) is 0 Å². The van der Waals surface area contributed by atoms with Crippen LogP contribution in [0, 0.1) is 0 Å². The number of aromatic nitrogens is 3. The summed E-state index contributed by atoms with van der Waals surface area (Å²) in [5.74, 6) is 2.18. The van der Waals surface area contributed by atoms with Crippen LogP contribution in [0.3, 0.4) is 0 Å². The molecule has 0 spiro atoms. The first-order valence-corrected chi connectivity index (χ1v) is 7.22. The first-order chi connectivity index (χ1) is 9.74. The smallest absolute Gasteiger partial charge is 0.222 e. The normalized spacial score (nSPS) is 15.4. The van der Waals surface area contributed by atoms with E-state index in [1.54, 1.807) is 6.20 Å². The van der Waals surface area contributed by atoms with Gasteiger partial charge in [-0.25, -0.2) is 9.97 Å². The van der Waals surface area contributed by atoms with Crippen LogP contribution in [-0.2, 0) is 0 Å². The van der Waals surface area contributed by atoms with Crippen molar-refractivity contribution in [2.24, 2.45) is 0 Å². The van der Waals surface area contributed by atoms with Crippen LogP contribution in [0.25, 0.3) is 0 Å². The highest BCUT2D eigenvalue weighted by molar-refractivity contribution is 9.10. The van der Waals surface area contributed by atoms with Gasteiger partial charge >= 0.3 is 0 Å². The quantitative estimate of drug-likeness (QED) is 0.898. The lowest BCUT2D eigenvalue weighted by Gasteiger charge is -2.36. The van der Waals surface area contributed by atoms with E-state index in [2.05, 4.69) is 40.7 Å². The average Bonchev–Trinajstić information content (AvgIpc) is 2.51. The summed E-state index contributed by atoms with van der Waals surface area (Å²) in [5, 5.41) is 0. The Balaban J connectivity index is 1.71. The molecule has 2 aromatic rings. The minimum atomic E-state index is 0.301. The molecule has 104 valence electrons. The van der Waals surface area contributed by atoms with Crippen molar-refractivity contribution in [3.8, 4) is 0 Å². The molecule has 0 atom stereocenters. The zero-order valence-electron chi connectivity index (χ0n) is 10.9. The van der Waals surface area contributed by atoms with E-state index < -0.39 is 0 Å². The SMILES string of the molecule is Nc1ncc(Br)c(N2CCN(c3ccccn3)CC2)n1. The van der Waals surface area contributed by atoms with Crippen molar-refractivity contribution in [1.29, 1.82) is 0 Å². The summed E-state index contributed by atoms with van der Waals surface area (Å²) >= 11 is 3.48. The summed E-state index contributed by atoms with van der Waals surface area (Å²) in [5.41, 5.74) is 5.66. The van der Waals surface area contributed by atoms with Crippen LogP contribution in [0.5, 0.6) is 0 Å². The van der Waals surface area contributed by atoms with Crippen molar-refractivity contribution in [2.75, 3.05) is 41.7 Å². The molecule has 6 nitrogen and oxygen atoms in total. The van der Waals surface area contributed by atoms with Gasteiger partial charge in [0.15, 0.2) is 0 Å². The van der Waals surface area contributed by atoms with Crippen molar-refractivity contribution < 1.29 is 0 Å². The lowest BCUT2D eigenvalue weighted by atomic mass is 10.3. The molecule has 0 unspecified atom stereocenters. The fourth-order valence-corrected chi connectivity index (χ4v) is 2.72. The summed E-state index contributed by atoms with van der Waals surface area (Å²) in [4.78, 5) is 17.1. The predicted octanol–water partition coefficient (Wildman–Crippen LogP) is 1.54. The Morgan fingerprint density at radius 1 is 1.05 bits per heavy atom. The van der Waals surface area contributed by atoms with Gasteiger partial charge in [0.1, 0.15) is 11.6 Å². The van der Waals surface area contributed by atoms with Crippen LogP contribution >= 0.6 is 15.9 Å². The van der Waals surface area contributed by atoms with E-state index in [0.717, 1.165) is 42.3 Å². The number of hydrogen-bond donors (Lipinski definition) is 1. The first-order valence-electron chi connectivity index (χ1n) is 6.43. The Hall–Kier alpha value is -1.89. The minimum Gasteiger partial charge on any atom is -0.368 e. The number of anilines is 3. The van der Waals surface area contributed by atoms with E-state index in [1.807, 2.05) is 24.4 Å². The van der Waals surface area contributed by atoms with Gasteiger partial charge in [0.2, 0.25) is 5.95 Å². The molecule has 7 heteroatoms. The predicted molar refractivity (Wildman–Crippen MR) is 82.8 cm³/mol. The highest BCUT2D eigenvalue weighted by atomic mass is 79.9. The van der Waals surface area contributed by atoms with E-state index in [0.29, 0.717) is 5.95 Å². The fourth-order valence-electron chi connectivity index (χ4n) is 2.28. The van der Waals surface area contributed by atoms with Gasteiger partial charge in [0, 0.05) is 38.6 Å². The summed E-state index contributed by atoms with van der Waals surface area (Å²) < 4.78 is 0.873. The highest BCUT2D eigenvalue weighted by Gasteiger charge is 2.20. The van der Waals surface area contributed by atoms with Gasteiger partial charge in [-0.05, 0) is 28.1 Å². The van der Waals surface area contributed by atoms with Crippen molar-refractivity contribution >= 4 is 33.5 Å². The Kier molecular flexibility index (Phi) is 3.68. The maximum Gasteiger partial charge on any atom is 0.222 e. The van der Waals surface area contributed by atoms with Crippen molar-refractivity contribution in [3.63, 3.8) is 0 Å². The second kappa shape index (κ2) is 5.62. The van der Waals surface area contributed by atoms with Crippen LogP contribution in [0.4, 0.5) is 17.6 Å². The van der Waals surface area contributed by atoms with Gasteiger partial charge < -0.3 is 15.5 Å². The molecule has 2 N–H and O–H groups in total. The van der Waals surface area contributed by atoms with Crippen LogP contribution in [-0.4, -0.2) is 41.1 Å². The maximum atomic E-state index is 5.66. The molecule has 0 bridgehead atoms. The molecule has 2 aromatic heterocycles. The summed E-state index contributed by atoms with van der Waals surface area (Å²) in [6, 6.07) is 5.98. The van der Waals surface area contributed by atoms with Crippen LogP contribution in [0.15, 0.2) is 35.1 Å². The van der Waals surface area contributed by atoms with E-state index in [1.165, 1.54) is 0 Å². The Morgan fingerprint density at radius 2 is 1.80 bits per heavy atom. The van der Waals surface area contributed by atoms with Crippen molar-refractivity contribution in [1.82, 2.24) is 15.0 Å². The molecule has 20 heavy (non-hydrogen) atoms. The number of rotatable bonds is 2. The van der Waals surface area contributed by atoms with E-state index >= 15 is 0 Å². The zero-order valence-corrected chi connectivity index (χ0v) is 12.5. The second-order valence-electron chi connectivity index (χ2n) is 4.56. The monoisotopic (exact) mass is 334 g/mol. The van der Waals surface area contributed by atoms with Gasteiger partial charge in [-0.15, -0.1) is 0 Å². The number of nitrogens with two attached hydrogens (primary N) is 1. The average molecular weight is 335 g/mol. The molecule has 1 fully saturated rings. The molecule has 1 aliphatic rings. The summed E-state index contributed by atoms with van der Waals surface area (Å²) in [6.07, 6.45) is 3.52. The molecule has 0 amide bonds. The van der Waals surface area contributed by atoms with Crippen LogP contribution < -0.4 is 15.5 Å². The Morgan fingerprint density at radius 3 is 2.50 bits per heavy atom. The second-order valence-corrected chi connectivity index (χ2v) is 5.42. The first kappa shape index (κ1) is 13.1. The third kappa shape index (κ3) is 2.67. The van der Waals surface area contributed by atoms with Crippen molar-refractivity contribution in [3.05, 3.63) is 35.1 Å². The van der Waals surface area contributed by atoms with E-state index in [9.17, 15) is 0 Å². The minimum absolute atomic E-state index is 0.301. The fraction of sp³-hybridized carbons (Fsp3) is 0.308. The number of pyridine rings is 1. The zero-order chi connectivity index (χ0) is 13.9. The number of nitrogen functional groups attached to an aromatic ring is 1. The topological polar surface area (TPSA) is 71.2 Å². The van der Waals surface area contributed by atoms with Gasteiger partial charge in [0.25, 0.3) is 0 Å². The van der Waals surface area contributed by atoms with Gasteiger partial charge in [-0.2, -0.15) is 4.98 Å². The van der Waals surface area contributed by atoms with Gasteiger partial charge in [-0.1, -0.05) is 6.07 Å². The highest BCUT2D eigenvalue weighted by Crippen LogP contribution is 2.25. The van der Waals surface area contributed by atoms with E-state index in [4.69, 9.17) is 5.73 Å². The maximum absolute atomic E-state index is 5.66. The lowest BCUT2D eigenvalue weighted by molar-refractivity contribution is 0.640. The molecular weight excluding hydrogens is 320 g/mol. The van der Waals surface area contributed by atoms with E-state index in [-0.39, 0.29) is 0 Å². The van der Waals surface area contributed by atoms with Crippen LogP contribution in [0.2, 0.25) is 0 Å². The standard InChI is InChI=1S/C13H15BrN6/c14-10-9-17-13(15)18-12(10)20-7-5-19(6-8-20)11-3-1-2-4-16-11/h1-4,9H,5-8H2,(H2,15,17,18). The van der Waals surface area contributed by atoms with Crippen LogP contribution in [0.1, 0.15) is 0 Å². The molecular formula is C13H15BrN6. The number of piperazine rings is 1. The number of nitrogens with zero attached hydrogens (tertiary/aromatic N) is 5. The largest absolute Gasteiger partial charge is 0.368 e. The molecule has 0 aliphatic carbocycles. The third-order valence-electron chi connectivity index (χ3n) is 3.30. The lowest BCUT2D eigenvalue weighted by Crippen LogP contribution is -2.47. The summed E-state index contributed by atoms with van der Waals surface area (Å²) in [7, 11) is 0. The molecule has 3 rings (SSSR count). The Labute approximate surface area is 125 Å². The molecule has 0 radical (unpaired) electrons. The molecule has 1 aliphatic heterocycles. The Bertz CT molecular complexity index is 583. The number of halogens is 1. The molecule has 3 heterocycles. The third-order valence-corrected chi connectivity index (χ3v) is 3.86. The molecule has 0 aromatic carbocycles. The van der Waals surface area contributed by atoms with Gasteiger partial charge in [0.05, 0.1) is 4.47 Å². The summed E-state index contributed by atoms with van der Waals surface area (Å²) in [6.45, 7) is 3.58. The number of hydrogen-bond acceptors (Lipinski definition) is 6.